The summed E-state index contributed by atoms with van der Waals surface area (Å²) >= 11 is 0. The van der Waals surface area contributed by atoms with Gasteiger partial charge in [0, 0.05) is 11.6 Å². The molecule has 1 aromatic rings. The normalized spacial score (nSPS) is 13.9. The van der Waals surface area contributed by atoms with Crippen LogP contribution in [0.5, 0.6) is 0 Å². The topological polar surface area (TPSA) is 55.1 Å². The van der Waals surface area contributed by atoms with Crippen molar-refractivity contribution in [2.24, 2.45) is 5.41 Å². The minimum atomic E-state index is -0.424. The lowest BCUT2D eigenvalue weighted by atomic mass is 9.89. The minimum Gasteiger partial charge on any atom is -0.394 e. The Kier molecular flexibility index (Phi) is 3.29. The molecule has 1 atom stereocenters. The van der Waals surface area contributed by atoms with Crippen LogP contribution in [0.1, 0.15) is 44.2 Å². The van der Waals surface area contributed by atoms with E-state index in [0.29, 0.717) is 5.69 Å². The van der Waals surface area contributed by atoms with Crippen LogP contribution in [0.3, 0.4) is 0 Å². The first-order chi connectivity index (χ1) is 6.88. The molecule has 4 nitrogen and oxygen atoms in total. The average molecular weight is 210 g/mol. The summed E-state index contributed by atoms with van der Waals surface area (Å²) in [6, 6.07) is 1.53. The molecule has 0 radical (unpaired) electrons. The number of carbonyl (C=O) groups is 1. The lowest BCUT2D eigenvalue weighted by Gasteiger charge is -2.19. The van der Waals surface area contributed by atoms with Crippen LogP contribution in [0, 0.1) is 5.41 Å². The fourth-order valence-corrected chi connectivity index (χ4v) is 1.31. The molecule has 1 rings (SSSR count). The second-order valence-electron chi connectivity index (χ2n) is 4.77. The number of aliphatic hydroxyl groups excluding tert-OH is 1. The molecule has 1 aromatic heterocycles. The van der Waals surface area contributed by atoms with Gasteiger partial charge in [-0.2, -0.15) is 5.10 Å². The lowest BCUT2D eigenvalue weighted by Crippen LogP contribution is -2.25. The van der Waals surface area contributed by atoms with Gasteiger partial charge in [-0.3, -0.25) is 9.48 Å². The molecule has 4 heteroatoms. The van der Waals surface area contributed by atoms with Crippen molar-refractivity contribution in [1.82, 2.24) is 9.78 Å². The van der Waals surface area contributed by atoms with Gasteiger partial charge < -0.3 is 5.11 Å². The van der Waals surface area contributed by atoms with Crippen LogP contribution < -0.4 is 0 Å². The highest BCUT2D eigenvalue weighted by molar-refractivity contribution is 5.98. The molecule has 0 bridgehead atoms. The van der Waals surface area contributed by atoms with Gasteiger partial charge in [-0.15, -0.1) is 0 Å². The number of rotatable bonds is 3. The van der Waals surface area contributed by atoms with Crippen molar-refractivity contribution in [2.75, 3.05) is 6.61 Å². The summed E-state index contributed by atoms with van der Waals surface area (Å²) < 4.78 is 1.58. The zero-order valence-corrected chi connectivity index (χ0v) is 9.69. The van der Waals surface area contributed by atoms with Crippen molar-refractivity contribution in [2.45, 2.75) is 33.7 Å². The van der Waals surface area contributed by atoms with E-state index in [-0.39, 0.29) is 18.4 Å². The predicted molar refractivity (Wildman–Crippen MR) is 57.8 cm³/mol. The first-order valence-corrected chi connectivity index (χ1v) is 5.07. The van der Waals surface area contributed by atoms with Crippen LogP contribution in [-0.2, 0) is 0 Å². The average Bonchev–Trinajstić information content (AvgIpc) is 2.62. The van der Waals surface area contributed by atoms with Crippen molar-refractivity contribution < 1.29 is 9.90 Å². The third kappa shape index (κ3) is 2.45. The van der Waals surface area contributed by atoms with Crippen molar-refractivity contribution in [3.63, 3.8) is 0 Å². The van der Waals surface area contributed by atoms with Crippen LogP contribution >= 0.6 is 0 Å². The van der Waals surface area contributed by atoms with E-state index in [1.54, 1.807) is 16.9 Å². The molecule has 0 spiro atoms. The van der Waals surface area contributed by atoms with Crippen LogP contribution in [0.4, 0.5) is 0 Å². The number of hydrogen-bond acceptors (Lipinski definition) is 3. The first-order valence-electron chi connectivity index (χ1n) is 5.07. The van der Waals surface area contributed by atoms with E-state index in [9.17, 15) is 4.79 Å². The second-order valence-corrected chi connectivity index (χ2v) is 4.77. The highest BCUT2D eigenvalue weighted by atomic mass is 16.3. The lowest BCUT2D eigenvalue weighted by molar-refractivity contribution is 0.0841. The number of nitrogens with zero attached hydrogens (tertiary/aromatic N) is 2. The van der Waals surface area contributed by atoms with Crippen molar-refractivity contribution >= 4 is 5.78 Å². The number of aliphatic hydroxyl groups is 1. The second kappa shape index (κ2) is 4.14. The maximum Gasteiger partial charge on any atom is 0.186 e. The van der Waals surface area contributed by atoms with Crippen LogP contribution in [-0.4, -0.2) is 27.3 Å². The summed E-state index contributed by atoms with van der Waals surface area (Å²) in [5.41, 5.74) is 0.136. The number of hydrogen-bond donors (Lipinski definition) is 1. The molecule has 0 aliphatic rings. The molecule has 1 heterocycles. The number of aromatic nitrogens is 2. The summed E-state index contributed by atoms with van der Waals surface area (Å²) in [6.07, 6.45) is 1.59. The molecule has 0 fully saturated rings. The Balaban J connectivity index is 3.06. The summed E-state index contributed by atoms with van der Waals surface area (Å²) in [4.78, 5) is 12.0. The van der Waals surface area contributed by atoms with E-state index in [0.717, 1.165) is 0 Å². The largest absolute Gasteiger partial charge is 0.394 e. The van der Waals surface area contributed by atoms with Crippen LogP contribution in [0.2, 0.25) is 0 Å². The van der Waals surface area contributed by atoms with Gasteiger partial charge in [0.15, 0.2) is 5.78 Å². The van der Waals surface area contributed by atoms with Gasteiger partial charge in [-0.1, -0.05) is 20.8 Å². The maximum atomic E-state index is 12.0. The Morgan fingerprint density at radius 3 is 2.67 bits per heavy atom. The SMILES string of the molecule is CC(CO)n1nccc1C(=O)C(C)(C)C. The summed E-state index contributed by atoms with van der Waals surface area (Å²) in [6.45, 7) is 7.42. The van der Waals surface area contributed by atoms with E-state index >= 15 is 0 Å². The zero-order valence-electron chi connectivity index (χ0n) is 9.69. The number of Topliss-reactive ketones (excluding diaryl/α,β-unsaturated/α-hetero) is 1. The molecular weight excluding hydrogens is 192 g/mol. The van der Waals surface area contributed by atoms with E-state index in [2.05, 4.69) is 5.10 Å². The number of carbonyl (C=O) groups excluding carboxylic acids is 1. The molecule has 84 valence electrons. The van der Waals surface area contributed by atoms with E-state index in [1.807, 2.05) is 27.7 Å². The van der Waals surface area contributed by atoms with Gasteiger partial charge in [0.1, 0.15) is 5.69 Å². The fourth-order valence-electron chi connectivity index (χ4n) is 1.31. The molecular formula is C11H18N2O2. The molecule has 1 unspecified atom stereocenters. The van der Waals surface area contributed by atoms with Gasteiger partial charge >= 0.3 is 0 Å². The molecule has 0 aliphatic heterocycles. The van der Waals surface area contributed by atoms with E-state index in [1.165, 1.54) is 0 Å². The third-order valence-corrected chi connectivity index (χ3v) is 2.27. The van der Waals surface area contributed by atoms with Gasteiger partial charge in [-0.05, 0) is 13.0 Å². The molecule has 15 heavy (non-hydrogen) atoms. The maximum absolute atomic E-state index is 12.0. The van der Waals surface area contributed by atoms with Gasteiger partial charge in [0.2, 0.25) is 0 Å². The third-order valence-electron chi connectivity index (χ3n) is 2.27. The highest BCUT2D eigenvalue weighted by Gasteiger charge is 2.26. The predicted octanol–water partition coefficient (Wildman–Crippen LogP) is 1.67. The number of ketones is 1. The standard InChI is InChI=1S/C11H18N2O2/c1-8(7-14)13-9(5-6-12-13)10(15)11(2,3)4/h5-6,8,14H,7H2,1-4H3. The summed E-state index contributed by atoms with van der Waals surface area (Å²) in [5.74, 6) is 0.0419. The Morgan fingerprint density at radius 1 is 1.60 bits per heavy atom. The Morgan fingerprint density at radius 2 is 2.20 bits per heavy atom. The molecule has 1 N–H and O–H groups in total. The molecule has 0 aliphatic carbocycles. The van der Waals surface area contributed by atoms with Crippen LogP contribution in [0.15, 0.2) is 12.3 Å². The minimum absolute atomic E-state index is 0.0217. The summed E-state index contributed by atoms with van der Waals surface area (Å²) in [7, 11) is 0. The van der Waals surface area contributed by atoms with E-state index < -0.39 is 5.41 Å². The monoisotopic (exact) mass is 210 g/mol. The van der Waals surface area contributed by atoms with Gasteiger partial charge in [0.25, 0.3) is 0 Å². The Bertz CT molecular complexity index is 350. The van der Waals surface area contributed by atoms with Gasteiger partial charge in [-0.25, -0.2) is 0 Å². The first kappa shape index (κ1) is 11.9. The van der Waals surface area contributed by atoms with Gasteiger partial charge in [0.05, 0.1) is 12.6 Å². The van der Waals surface area contributed by atoms with Crippen molar-refractivity contribution in [1.29, 1.82) is 0 Å². The highest BCUT2D eigenvalue weighted by Crippen LogP contribution is 2.21. The van der Waals surface area contributed by atoms with E-state index in [4.69, 9.17) is 5.11 Å². The van der Waals surface area contributed by atoms with Crippen LogP contribution in [0.25, 0.3) is 0 Å². The summed E-state index contributed by atoms with van der Waals surface area (Å²) in [5, 5.41) is 13.1. The van der Waals surface area contributed by atoms with Crippen molar-refractivity contribution in [3.05, 3.63) is 18.0 Å². The Labute approximate surface area is 89.9 Å². The Hall–Kier alpha value is -1.16. The molecule has 0 aromatic carbocycles. The smallest absolute Gasteiger partial charge is 0.186 e. The fraction of sp³-hybridized carbons (Fsp3) is 0.636. The van der Waals surface area contributed by atoms with Crippen molar-refractivity contribution in [3.8, 4) is 0 Å². The quantitative estimate of drug-likeness (QED) is 0.772. The molecule has 0 saturated carbocycles. The zero-order chi connectivity index (χ0) is 11.6. The molecule has 0 amide bonds. The molecule has 0 saturated heterocycles.